The predicted octanol–water partition coefficient (Wildman–Crippen LogP) is 8.95. The third-order valence-corrected chi connectivity index (χ3v) is 14.9. The van der Waals surface area contributed by atoms with Crippen LogP contribution in [0.5, 0.6) is 0 Å². The summed E-state index contributed by atoms with van der Waals surface area (Å²) in [6.07, 6.45) is 14.6. The maximum atomic E-state index is 13.3. The molecule has 3 N–H and O–H groups in total. The number of nitrogens with zero attached hydrogens (tertiary/aromatic N) is 2. The van der Waals surface area contributed by atoms with Gasteiger partial charge in [0.15, 0.2) is 0 Å². The summed E-state index contributed by atoms with van der Waals surface area (Å²) in [5.41, 5.74) is 6.34. The molecular formula is C45H59F3N4O4. The molecule has 4 aliphatic heterocycles. The van der Waals surface area contributed by atoms with Gasteiger partial charge in [0.1, 0.15) is 0 Å². The molecule has 7 aliphatic rings. The Kier molecular flexibility index (Phi) is 11.8. The fourth-order valence-electron chi connectivity index (χ4n) is 11.9. The van der Waals surface area contributed by atoms with Crippen molar-refractivity contribution in [3.63, 3.8) is 0 Å². The van der Waals surface area contributed by atoms with Crippen molar-refractivity contribution in [3.05, 3.63) is 70.8 Å². The standard InChI is InChI=1S/C43H58N4O2.C2HF3O2/c48-42(44-32-15-9-28(10-16-32)23-25-46-38-19-20-39(46)35-6-2-1-5-34(35)38)30-13-14-31(27-30)43(49)45-33-17-11-29(12-18-33)24-26-47-40-21-22-41(47)37-8-4-3-7-36(37)40;3-2(4,5)1(6)7/h1-8,28-33,38-41H,9-27H2,(H,44,48)(H,45,49);(H,6,7)/t28?,29?,30?,31?,32?,33?,38-,39+,40-,41?;/m1./s1. The van der Waals surface area contributed by atoms with Gasteiger partial charge in [0, 0.05) is 48.1 Å². The number of alkyl halides is 3. The van der Waals surface area contributed by atoms with Gasteiger partial charge in [-0.2, -0.15) is 13.2 Å². The summed E-state index contributed by atoms with van der Waals surface area (Å²) in [5.74, 6) is -0.771. The molecule has 304 valence electrons. The minimum Gasteiger partial charge on any atom is -0.475 e. The molecule has 3 aliphatic carbocycles. The summed E-state index contributed by atoms with van der Waals surface area (Å²) in [7, 11) is 0. The van der Waals surface area contributed by atoms with Gasteiger partial charge in [-0.3, -0.25) is 19.4 Å². The molecule has 2 amide bonds. The Bertz CT molecular complexity index is 1550. The van der Waals surface area contributed by atoms with Crippen LogP contribution in [0.2, 0.25) is 0 Å². The predicted molar refractivity (Wildman–Crippen MR) is 207 cm³/mol. The van der Waals surface area contributed by atoms with E-state index in [1.807, 2.05) is 0 Å². The van der Waals surface area contributed by atoms with E-state index in [4.69, 9.17) is 9.90 Å². The second-order valence-electron chi connectivity index (χ2n) is 18.0. The van der Waals surface area contributed by atoms with E-state index in [1.165, 1.54) is 77.3 Å². The van der Waals surface area contributed by atoms with Crippen LogP contribution in [0, 0.1) is 23.7 Å². The third kappa shape index (κ3) is 8.40. The van der Waals surface area contributed by atoms with Gasteiger partial charge in [0.2, 0.25) is 11.8 Å². The Morgan fingerprint density at radius 2 is 0.875 bits per heavy atom. The Morgan fingerprint density at radius 1 is 0.554 bits per heavy atom. The molecule has 8 nitrogen and oxygen atoms in total. The highest BCUT2D eigenvalue weighted by molar-refractivity contribution is 5.83. The van der Waals surface area contributed by atoms with E-state index in [9.17, 15) is 22.8 Å². The van der Waals surface area contributed by atoms with E-state index in [0.29, 0.717) is 36.3 Å². The number of carboxylic acids is 1. The van der Waals surface area contributed by atoms with Crippen LogP contribution in [0.15, 0.2) is 48.5 Å². The molecule has 0 radical (unpaired) electrons. The average molecular weight is 777 g/mol. The number of fused-ring (bicyclic) bond motifs is 10. The number of nitrogens with one attached hydrogen (secondary N) is 2. The quantitative estimate of drug-likeness (QED) is 0.223. The number of hydrogen-bond acceptors (Lipinski definition) is 5. The van der Waals surface area contributed by atoms with Gasteiger partial charge in [0.05, 0.1) is 0 Å². The molecule has 2 aromatic rings. The van der Waals surface area contributed by atoms with E-state index in [1.54, 1.807) is 22.3 Å². The second kappa shape index (κ2) is 16.8. The van der Waals surface area contributed by atoms with Gasteiger partial charge < -0.3 is 15.7 Å². The van der Waals surface area contributed by atoms with Crippen LogP contribution in [0.25, 0.3) is 0 Å². The van der Waals surface area contributed by atoms with Crippen molar-refractivity contribution in [1.29, 1.82) is 0 Å². The first-order valence-corrected chi connectivity index (χ1v) is 21.6. The molecule has 5 fully saturated rings. The molecule has 4 heterocycles. The first-order valence-electron chi connectivity index (χ1n) is 21.6. The lowest BCUT2D eigenvalue weighted by atomic mass is 9.83. The monoisotopic (exact) mass is 776 g/mol. The fraction of sp³-hybridized carbons (Fsp3) is 0.667. The van der Waals surface area contributed by atoms with Crippen molar-refractivity contribution in [2.24, 2.45) is 23.7 Å². The fourth-order valence-corrected chi connectivity index (χ4v) is 11.9. The van der Waals surface area contributed by atoms with Crippen LogP contribution in [0.4, 0.5) is 13.2 Å². The summed E-state index contributed by atoms with van der Waals surface area (Å²) in [6.45, 7) is 2.43. The maximum absolute atomic E-state index is 13.3. The molecule has 4 bridgehead atoms. The van der Waals surface area contributed by atoms with Crippen molar-refractivity contribution >= 4 is 17.8 Å². The SMILES string of the molecule is O=C(NC1CCC(CCN2C3CC[C@@H]2c2ccccc23)CC1)C1CCC(C(=O)NC2CCC(CCN3[C@@H]4CC[C@H]3c3ccccc34)CC2)C1.O=C(O)C(F)(F)F. The Balaban J connectivity index is 0.000000579. The summed E-state index contributed by atoms with van der Waals surface area (Å²) < 4.78 is 31.7. The van der Waals surface area contributed by atoms with Crippen LogP contribution in [-0.2, 0) is 14.4 Å². The molecule has 2 aromatic carbocycles. The zero-order valence-corrected chi connectivity index (χ0v) is 32.5. The highest BCUT2D eigenvalue weighted by atomic mass is 19.4. The van der Waals surface area contributed by atoms with Crippen LogP contribution in [0.1, 0.15) is 156 Å². The third-order valence-electron chi connectivity index (χ3n) is 14.9. The molecule has 6 atom stereocenters. The lowest BCUT2D eigenvalue weighted by Gasteiger charge is -2.32. The minimum atomic E-state index is -5.08. The van der Waals surface area contributed by atoms with Gasteiger partial charge in [-0.25, -0.2) is 4.79 Å². The van der Waals surface area contributed by atoms with E-state index in [2.05, 4.69) is 69.0 Å². The summed E-state index contributed by atoms with van der Waals surface area (Å²) >= 11 is 0. The highest BCUT2D eigenvalue weighted by Gasteiger charge is 2.45. The van der Waals surface area contributed by atoms with Crippen LogP contribution >= 0.6 is 0 Å². The molecule has 0 spiro atoms. The van der Waals surface area contributed by atoms with Gasteiger partial charge in [-0.1, -0.05) is 48.5 Å². The zero-order valence-electron chi connectivity index (χ0n) is 32.5. The molecule has 9 rings (SSSR count). The highest BCUT2D eigenvalue weighted by Crippen LogP contribution is 2.54. The molecular weight excluding hydrogens is 718 g/mol. The summed E-state index contributed by atoms with van der Waals surface area (Å²) in [5, 5.41) is 14.0. The van der Waals surface area contributed by atoms with Crippen molar-refractivity contribution in [2.75, 3.05) is 13.1 Å². The number of halogens is 3. The molecule has 0 aromatic heterocycles. The van der Waals surface area contributed by atoms with Crippen molar-refractivity contribution in [3.8, 4) is 0 Å². The average Bonchev–Trinajstić information content (AvgIpc) is 4.04. The molecule has 3 saturated carbocycles. The van der Waals surface area contributed by atoms with Crippen LogP contribution < -0.4 is 10.6 Å². The maximum Gasteiger partial charge on any atom is 0.490 e. The Hall–Kier alpha value is -3.44. The van der Waals surface area contributed by atoms with Crippen molar-refractivity contribution in [1.82, 2.24) is 20.4 Å². The number of benzene rings is 2. The number of carbonyl (C=O) groups excluding carboxylic acids is 2. The van der Waals surface area contributed by atoms with Gasteiger partial charge in [0.25, 0.3) is 0 Å². The van der Waals surface area contributed by atoms with Gasteiger partial charge >= 0.3 is 12.1 Å². The number of carbonyl (C=O) groups is 3. The number of aliphatic carboxylic acids is 1. The van der Waals surface area contributed by atoms with Crippen molar-refractivity contribution < 1.29 is 32.7 Å². The van der Waals surface area contributed by atoms with Crippen LogP contribution in [-0.4, -0.2) is 64.0 Å². The Labute approximate surface area is 329 Å². The second-order valence-corrected chi connectivity index (χ2v) is 18.0. The van der Waals surface area contributed by atoms with Gasteiger partial charge in [-0.15, -0.1) is 0 Å². The Morgan fingerprint density at radius 3 is 1.18 bits per heavy atom. The van der Waals surface area contributed by atoms with E-state index in [0.717, 1.165) is 56.8 Å². The number of carboxylic acid groups (broad SMARTS) is 1. The number of amides is 2. The molecule has 2 saturated heterocycles. The molecule has 56 heavy (non-hydrogen) atoms. The van der Waals surface area contributed by atoms with Crippen molar-refractivity contribution in [2.45, 2.75) is 152 Å². The first kappa shape index (κ1) is 39.4. The number of hydrogen-bond donors (Lipinski definition) is 3. The smallest absolute Gasteiger partial charge is 0.475 e. The molecule has 11 heteroatoms. The van der Waals surface area contributed by atoms with E-state index in [-0.39, 0.29) is 23.7 Å². The minimum absolute atomic E-state index is 0.00324. The number of rotatable bonds is 10. The topological polar surface area (TPSA) is 102 Å². The lowest BCUT2D eigenvalue weighted by Crippen LogP contribution is -2.42. The largest absolute Gasteiger partial charge is 0.490 e. The lowest BCUT2D eigenvalue weighted by molar-refractivity contribution is -0.192. The zero-order chi connectivity index (χ0) is 39.0. The van der Waals surface area contributed by atoms with E-state index >= 15 is 0 Å². The van der Waals surface area contributed by atoms with Crippen LogP contribution in [0.3, 0.4) is 0 Å². The first-order chi connectivity index (χ1) is 27.0. The van der Waals surface area contributed by atoms with Gasteiger partial charge in [-0.05, 0) is 156 Å². The molecule has 3 unspecified atom stereocenters. The normalized spacial score (nSPS) is 33.3. The summed E-state index contributed by atoms with van der Waals surface area (Å²) in [6, 6.07) is 21.4. The summed E-state index contributed by atoms with van der Waals surface area (Å²) in [4.78, 5) is 41.0. The van der Waals surface area contributed by atoms with E-state index < -0.39 is 12.1 Å².